The summed E-state index contributed by atoms with van der Waals surface area (Å²) in [6, 6.07) is 10.0. The lowest BCUT2D eigenvalue weighted by Gasteiger charge is -2.19. The smallest absolute Gasteiger partial charge is 0.407 e. The fraction of sp³-hybridized carbons (Fsp3) is 0.562. The average Bonchev–Trinajstić information content (AvgIpc) is 2.71. The summed E-state index contributed by atoms with van der Waals surface area (Å²) in [7, 11) is 0. The molecular formula is C16H25N3O2. The van der Waals surface area contributed by atoms with Crippen molar-refractivity contribution < 1.29 is 9.53 Å². The predicted molar refractivity (Wildman–Crippen MR) is 82.9 cm³/mol. The van der Waals surface area contributed by atoms with Crippen LogP contribution >= 0.6 is 0 Å². The second-order valence-electron chi connectivity index (χ2n) is 5.52. The molecule has 0 radical (unpaired) electrons. The van der Waals surface area contributed by atoms with Gasteiger partial charge in [-0.2, -0.15) is 0 Å². The lowest BCUT2D eigenvalue weighted by Crippen LogP contribution is -2.36. The predicted octanol–water partition coefficient (Wildman–Crippen LogP) is 1.73. The van der Waals surface area contributed by atoms with Gasteiger partial charge in [0.05, 0.1) is 0 Å². The van der Waals surface area contributed by atoms with Gasteiger partial charge in [-0.05, 0) is 37.9 Å². The first-order chi connectivity index (χ1) is 10.2. The van der Waals surface area contributed by atoms with Gasteiger partial charge in [-0.3, -0.25) is 0 Å². The molecule has 116 valence electrons. The van der Waals surface area contributed by atoms with E-state index in [-0.39, 0.29) is 6.09 Å². The third-order valence-electron chi connectivity index (χ3n) is 3.78. The Morgan fingerprint density at radius 1 is 1.29 bits per heavy atom. The van der Waals surface area contributed by atoms with Crippen molar-refractivity contribution in [3.63, 3.8) is 0 Å². The minimum atomic E-state index is -0.356. The summed E-state index contributed by atoms with van der Waals surface area (Å²) in [5.41, 5.74) is 6.95. The first-order valence-electron chi connectivity index (χ1n) is 7.66. The van der Waals surface area contributed by atoms with E-state index >= 15 is 0 Å². The fourth-order valence-corrected chi connectivity index (χ4v) is 2.50. The first-order valence-corrected chi connectivity index (χ1v) is 7.66. The molecule has 0 spiro atoms. The molecule has 21 heavy (non-hydrogen) atoms. The van der Waals surface area contributed by atoms with Crippen molar-refractivity contribution in [3.8, 4) is 0 Å². The normalized spacial score (nSPS) is 19.8. The van der Waals surface area contributed by atoms with Gasteiger partial charge in [-0.25, -0.2) is 4.79 Å². The molecule has 5 heteroatoms. The van der Waals surface area contributed by atoms with Crippen LogP contribution in [0.4, 0.5) is 4.79 Å². The van der Waals surface area contributed by atoms with Crippen LogP contribution in [0.5, 0.6) is 0 Å². The maximum Gasteiger partial charge on any atom is 0.407 e. The summed E-state index contributed by atoms with van der Waals surface area (Å²) in [6.07, 6.45) is 2.92. The van der Waals surface area contributed by atoms with Gasteiger partial charge < -0.3 is 20.7 Å². The van der Waals surface area contributed by atoms with E-state index in [1.54, 1.807) is 0 Å². The van der Waals surface area contributed by atoms with Crippen LogP contribution in [0.3, 0.4) is 0 Å². The molecular weight excluding hydrogens is 266 g/mol. The molecule has 3 N–H and O–H groups in total. The highest BCUT2D eigenvalue weighted by Gasteiger charge is 2.13. The summed E-state index contributed by atoms with van der Waals surface area (Å²) in [6.45, 7) is 3.86. The number of rotatable bonds is 5. The van der Waals surface area contributed by atoms with Crippen molar-refractivity contribution in [1.29, 1.82) is 0 Å². The molecule has 0 aromatic heterocycles. The lowest BCUT2D eigenvalue weighted by molar-refractivity contribution is 0.138. The molecule has 1 aromatic rings. The highest BCUT2D eigenvalue weighted by molar-refractivity contribution is 5.67. The number of nitrogens with two attached hydrogens (primary N) is 1. The van der Waals surface area contributed by atoms with Crippen molar-refractivity contribution in [1.82, 2.24) is 10.2 Å². The number of likely N-dealkylation sites (tertiary alicyclic amines) is 1. The van der Waals surface area contributed by atoms with E-state index in [0.29, 0.717) is 19.2 Å². The number of benzene rings is 1. The second kappa shape index (κ2) is 8.64. The van der Waals surface area contributed by atoms with E-state index in [0.717, 1.165) is 44.5 Å². The van der Waals surface area contributed by atoms with E-state index < -0.39 is 0 Å². The zero-order valence-corrected chi connectivity index (χ0v) is 12.5. The fourth-order valence-electron chi connectivity index (χ4n) is 2.50. The molecule has 0 aliphatic carbocycles. The Labute approximate surface area is 126 Å². The summed E-state index contributed by atoms with van der Waals surface area (Å²) in [5.74, 6) is 0. The molecule has 1 heterocycles. The molecule has 1 fully saturated rings. The van der Waals surface area contributed by atoms with E-state index in [1.165, 1.54) is 0 Å². The number of ether oxygens (including phenoxy) is 1. The Morgan fingerprint density at radius 3 is 2.90 bits per heavy atom. The zero-order chi connectivity index (χ0) is 14.9. The maximum absolute atomic E-state index is 11.6. The number of nitrogens with one attached hydrogen (secondary N) is 1. The van der Waals surface area contributed by atoms with Gasteiger partial charge >= 0.3 is 6.09 Å². The van der Waals surface area contributed by atoms with Crippen LogP contribution in [0.2, 0.25) is 0 Å². The van der Waals surface area contributed by atoms with E-state index in [9.17, 15) is 4.79 Å². The van der Waals surface area contributed by atoms with Crippen molar-refractivity contribution in [2.45, 2.75) is 31.9 Å². The standard InChI is InChI=1S/C16H25N3O2/c17-15-7-4-10-19(11-8-15)12-9-18-16(20)21-13-14-5-2-1-3-6-14/h1-3,5-6,15H,4,7-13,17H2,(H,18,20). The highest BCUT2D eigenvalue weighted by Crippen LogP contribution is 2.08. The Hall–Kier alpha value is -1.59. The number of carbonyl (C=O) groups is 1. The minimum absolute atomic E-state index is 0.311. The Kier molecular flexibility index (Phi) is 6.50. The van der Waals surface area contributed by atoms with Crippen LogP contribution in [0.1, 0.15) is 24.8 Å². The SMILES string of the molecule is NC1CCCN(CCNC(=O)OCc2ccccc2)CC1. The largest absolute Gasteiger partial charge is 0.445 e. The van der Waals surface area contributed by atoms with Gasteiger partial charge in [0, 0.05) is 19.1 Å². The summed E-state index contributed by atoms with van der Waals surface area (Å²) >= 11 is 0. The van der Waals surface area contributed by atoms with Crippen LogP contribution < -0.4 is 11.1 Å². The monoisotopic (exact) mass is 291 g/mol. The van der Waals surface area contributed by atoms with Gasteiger partial charge in [-0.15, -0.1) is 0 Å². The summed E-state index contributed by atoms with van der Waals surface area (Å²) in [4.78, 5) is 14.0. The summed E-state index contributed by atoms with van der Waals surface area (Å²) in [5, 5.41) is 2.80. The number of carbonyl (C=O) groups excluding carboxylic acids is 1. The topological polar surface area (TPSA) is 67.6 Å². The van der Waals surface area contributed by atoms with Crippen molar-refractivity contribution in [2.24, 2.45) is 5.73 Å². The number of nitrogens with zero attached hydrogens (tertiary/aromatic N) is 1. The maximum atomic E-state index is 11.6. The van der Waals surface area contributed by atoms with Gasteiger partial charge in [0.15, 0.2) is 0 Å². The number of amides is 1. The van der Waals surface area contributed by atoms with Gasteiger partial charge in [-0.1, -0.05) is 30.3 Å². The number of hydrogen-bond acceptors (Lipinski definition) is 4. The van der Waals surface area contributed by atoms with Crippen LogP contribution in [0.25, 0.3) is 0 Å². The molecule has 0 bridgehead atoms. The van der Waals surface area contributed by atoms with Crippen LogP contribution in [-0.2, 0) is 11.3 Å². The molecule has 5 nitrogen and oxygen atoms in total. The van der Waals surface area contributed by atoms with Gasteiger partial charge in [0.2, 0.25) is 0 Å². The highest BCUT2D eigenvalue weighted by atomic mass is 16.5. The van der Waals surface area contributed by atoms with Gasteiger partial charge in [0.1, 0.15) is 6.61 Å². The molecule has 1 saturated heterocycles. The molecule has 0 saturated carbocycles. The third kappa shape index (κ3) is 6.14. The molecule has 1 unspecified atom stereocenters. The third-order valence-corrected chi connectivity index (χ3v) is 3.78. The first kappa shape index (κ1) is 15.8. The molecule has 1 aromatic carbocycles. The van der Waals surface area contributed by atoms with Crippen LogP contribution in [0, 0.1) is 0 Å². The van der Waals surface area contributed by atoms with E-state index in [4.69, 9.17) is 10.5 Å². The van der Waals surface area contributed by atoms with Crippen molar-refractivity contribution in [2.75, 3.05) is 26.2 Å². The molecule has 1 aliphatic rings. The average molecular weight is 291 g/mol. The molecule has 1 aliphatic heterocycles. The quantitative estimate of drug-likeness (QED) is 0.867. The molecule has 1 amide bonds. The number of hydrogen-bond donors (Lipinski definition) is 2. The van der Waals surface area contributed by atoms with E-state index in [2.05, 4.69) is 10.2 Å². The Bertz CT molecular complexity index is 425. The lowest BCUT2D eigenvalue weighted by atomic mass is 10.1. The van der Waals surface area contributed by atoms with Crippen LogP contribution in [0.15, 0.2) is 30.3 Å². The molecule has 1 atom stereocenters. The minimum Gasteiger partial charge on any atom is -0.445 e. The Balaban J connectivity index is 1.58. The number of alkyl carbamates (subject to hydrolysis) is 1. The van der Waals surface area contributed by atoms with Crippen molar-refractivity contribution in [3.05, 3.63) is 35.9 Å². The van der Waals surface area contributed by atoms with Crippen molar-refractivity contribution >= 4 is 6.09 Å². The Morgan fingerprint density at radius 2 is 2.10 bits per heavy atom. The zero-order valence-electron chi connectivity index (χ0n) is 12.5. The summed E-state index contributed by atoms with van der Waals surface area (Å²) < 4.78 is 5.17. The second-order valence-corrected chi connectivity index (χ2v) is 5.52. The molecule has 2 rings (SSSR count). The van der Waals surface area contributed by atoms with E-state index in [1.807, 2.05) is 30.3 Å². The van der Waals surface area contributed by atoms with Crippen LogP contribution in [-0.4, -0.2) is 43.2 Å². The van der Waals surface area contributed by atoms with Gasteiger partial charge in [0.25, 0.3) is 0 Å².